The van der Waals surface area contributed by atoms with Gasteiger partial charge in [-0.15, -0.1) is 11.3 Å². The normalized spacial score (nSPS) is 11.1. The standard InChI is InChI=1S/C15H13BrO3S/c16-14-4-2-1-3-12(14)8-19-9-13-7-11(10-20-13)5-6-15(17)18/h1-7,10H,8-9H2,(H,17,18)/b6-5+. The van der Waals surface area contributed by atoms with Gasteiger partial charge >= 0.3 is 5.97 Å². The van der Waals surface area contributed by atoms with E-state index < -0.39 is 5.97 Å². The first-order valence-corrected chi connectivity index (χ1v) is 7.62. The molecule has 0 atom stereocenters. The summed E-state index contributed by atoms with van der Waals surface area (Å²) in [6.07, 6.45) is 2.71. The van der Waals surface area contributed by atoms with Gasteiger partial charge in [0.15, 0.2) is 0 Å². The van der Waals surface area contributed by atoms with E-state index in [1.807, 2.05) is 35.7 Å². The molecule has 0 aliphatic rings. The number of aliphatic carboxylic acids is 1. The molecular weight excluding hydrogens is 340 g/mol. The average Bonchev–Trinajstić information content (AvgIpc) is 2.87. The maximum atomic E-state index is 10.4. The molecule has 1 aromatic carbocycles. The van der Waals surface area contributed by atoms with E-state index in [-0.39, 0.29) is 0 Å². The van der Waals surface area contributed by atoms with Crippen LogP contribution >= 0.6 is 27.3 Å². The van der Waals surface area contributed by atoms with E-state index in [9.17, 15) is 4.79 Å². The summed E-state index contributed by atoms with van der Waals surface area (Å²) in [7, 11) is 0. The molecule has 2 rings (SSSR count). The SMILES string of the molecule is O=C(O)/C=C/c1csc(COCc2ccccc2Br)c1. The van der Waals surface area contributed by atoms with Gasteiger partial charge in [0.2, 0.25) is 0 Å². The molecule has 0 amide bonds. The summed E-state index contributed by atoms with van der Waals surface area (Å²) in [4.78, 5) is 11.5. The van der Waals surface area contributed by atoms with Crippen LogP contribution < -0.4 is 0 Å². The fraction of sp³-hybridized carbons (Fsp3) is 0.133. The number of carbonyl (C=O) groups is 1. The number of hydrogen-bond acceptors (Lipinski definition) is 3. The monoisotopic (exact) mass is 352 g/mol. The molecule has 0 aliphatic heterocycles. The Hall–Kier alpha value is -1.43. The van der Waals surface area contributed by atoms with Crippen molar-refractivity contribution in [2.45, 2.75) is 13.2 Å². The molecule has 5 heteroatoms. The van der Waals surface area contributed by atoms with E-state index in [1.165, 1.54) is 0 Å². The molecule has 1 aromatic heterocycles. The third-order valence-electron chi connectivity index (χ3n) is 2.55. The van der Waals surface area contributed by atoms with E-state index in [2.05, 4.69) is 15.9 Å². The number of benzene rings is 1. The topological polar surface area (TPSA) is 46.5 Å². The Morgan fingerprint density at radius 3 is 2.90 bits per heavy atom. The van der Waals surface area contributed by atoms with Crippen LogP contribution in [0.3, 0.4) is 0 Å². The average molecular weight is 353 g/mol. The van der Waals surface area contributed by atoms with Gasteiger partial charge in [-0.2, -0.15) is 0 Å². The minimum atomic E-state index is -0.942. The molecule has 1 N–H and O–H groups in total. The highest BCUT2D eigenvalue weighted by molar-refractivity contribution is 9.10. The predicted octanol–water partition coefficient (Wildman–Crippen LogP) is 4.33. The summed E-state index contributed by atoms with van der Waals surface area (Å²) in [5, 5.41) is 10.5. The maximum Gasteiger partial charge on any atom is 0.328 e. The summed E-state index contributed by atoms with van der Waals surface area (Å²) < 4.78 is 6.70. The minimum absolute atomic E-state index is 0.521. The van der Waals surface area contributed by atoms with E-state index in [0.29, 0.717) is 13.2 Å². The number of ether oxygens (including phenoxy) is 1. The molecular formula is C15H13BrO3S. The fourth-order valence-corrected chi connectivity index (χ4v) is 2.79. The molecule has 0 saturated carbocycles. The van der Waals surface area contributed by atoms with Crippen molar-refractivity contribution in [1.29, 1.82) is 0 Å². The van der Waals surface area contributed by atoms with Gasteiger partial charge in [0.25, 0.3) is 0 Å². The van der Waals surface area contributed by atoms with Crippen molar-refractivity contribution in [2.75, 3.05) is 0 Å². The van der Waals surface area contributed by atoms with Crippen LogP contribution in [-0.4, -0.2) is 11.1 Å². The van der Waals surface area contributed by atoms with Crippen LogP contribution in [0.5, 0.6) is 0 Å². The molecule has 0 radical (unpaired) electrons. The molecule has 104 valence electrons. The second-order valence-corrected chi connectivity index (χ2v) is 5.95. The lowest BCUT2D eigenvalue weighted by atomic mass is 10.2. The highest BCUT2D eigenvalue weighted by Crippen LogP contribution is 2.20. The van der Waals surface area contributed by atoms with Gasteiger partial charge in [-0.1, -0.05) is 34.1 Å². The van der Waals surface area contributed by atoms with Crippen molar-refractivity contribution in [3.05, 3.63) is 62.3 Å². The van der Waals surface area contributed by atoms with Gasteiger partial charge in [0, 0.05) is 15.4 Å². The number of hydrogen-bond donors (Lipinski definition) is 1. The third-order valence-corrected chi connectivity index (χ3v) is 4.25. The van der Waals surface area contributed by atoms with Crippen molar-refractivity contribution >= 4 is 39.3 Å². The first-order valence-electron chi connectivity index (χ1n) is 5.95. The van der Waals surface area contributed by atoms with Crippen LogP contribution in [0.4, 0.5) is 0 Å². The Labute approximate surface area is 129 Å². The molecule has 0 unspecified atom stereocenters. The fourth-order valence-electron chi connectivity index (χ4n) is 1.61. The van der Waals surface area contributed by atoms with Gasteiger partial charge in [-0.05, 0) is 34.7 Å². The number of halogens is 1. The van der Waals surface area contributed by atoms with Gasteiger partial charge in [-0.3, -0.25) is 0 Å². The van der Waals surface area contributed by atoms with Gasteiger partial charge in [0.1, 0.15) is 0 Å². The number of carboxylic acids is 1. The summed E-state index contributed by atoms with van der Waals surface area (Å²) >= 11 is 5.04. The number of carboxylic acid groups (broad SMARTS) is 1. The lowest BCUT2D eigenvalue weighted by molar-refractivity contribution is -0.131. The molecule has 0 bridgehead atoms. The van der Waals surface area contributed by atoms with Gasteiger partial charge in [0.05, 0.1) is 13.2 Å². The summed E-state index contributed by atoms with van der Waals surface area (Å²) in [6.45, 7) is 1.06. The first kappa shape index (κ1) is 15.0. The highest BCUT2D eigenvalue weighted by atomic mass is 79.9. The summed E-state index contributed by atoms with van der Waals surface area (Å²) in [5.74, 6) is -0.942. The van der Waals surface area contributed by atoms with Crippen LogP contribution in [0.2, 0.25) is 0 Å². The van der Waals surface area contributed by atoms with Crippen LogP contribution in [0, 0.1) is 0 Å². The van der Waals surface area contributed by atoms with Crippen LogP contribution in [0.15, 0.2) is 46.3 Å². The molecule has 0 aliphatic carbocycles. The number of rotatable bonds is 6. The lowest BCUT2D eigenvalue weighted by Crippen LogP contribution is -1.93. The molecule has 3 nitrogen and oxygen atoms in total. The van der Waals surface area contributed by atoms with Gasteiger partial charge in [-0.25, -0.2) is 4.79 Å². The van der Waals surface area contributed by atoms with E-state index in [4.69, 9.17) is 9.84 Å². The maximum absolute atomic E-state index is 10.4. The highest BCUT2D eigenvalue weighted by Gasteiger charge is 2.01. The van der Waals surface area contributed by atoms with Crippen LogP contribution in [0.25, 0.3) is 6.08 Å². The zero-order valence-corrected chi connectivity index (χ0v) is 13.0. The Balaban J connectivity index is 1.86. The Morgan fingerprint density at radius 1 is 1.35 bits per heavy atom. The van der Waals surface area contributed by atoms with E-state index >= 15 is 0 Å². The molecule has 0 saturated heterocycles. The predicted molar refractivity (Wildman–Crippen MR) is 83.6 cm³/mol. The minimum Gasteiger partial charge on any atom is -0.478 e. The van der Waals surface area contributed by atoms with Crippen molar-refractivity contribution in [3.63, 3.8) is 0 Å². The van der Waals surface area contributed by atoms with E-state index in [1.54, 1.807) is 17.4 Å². The van der Waals surface area contributed by atoms with Crippen molar-refractivity contribution in [2.24, 2.45) is 0 Å². The van der Waals surface area contributed by atoms with Crippen molar-refractivity contribution in [3.8, 4) is 0 Å². The molecule has 1 heterocycles. The quantitative estimate of drug-likeness (QED) is 0.787. The zero-order chi connectivity index (χ0) is 14.4. The molecule has 0 fully saturated rings. The Morgan fingerprint density at radius 2 is 2.15 bits per heavy atom. The molecule has 0 spiro atoms. The number of thiophene rings is 1. The Kier molecular flexibility index (Phi) is 5.52. The summed E-state index contributed by atoms with van der Waals surface area (Å²) in [6, 6.07) is 9.87. The molecule has 20 heavy (non-hydrogen) atoms. The first-order chi connectivity index (χ1) is 9.65. The largest absolute Gasteiger partial charge is 0.478 e. The smallest absolute Gasteiger partial charge is 0.328 e. The van der Waals surface area contributed by atoms with Crippen molar-refractivity contribution in [1.82, 2.24) is 0 Å². The van der Waals surface area contributed by atoms with Crippen LogP contribution in [0.1, 0.15) is 16.0 Å². The molecule has 2 aromatic rings. The summed E-state index contributed by atoms with van der Waals surface area (Å²) in [5.41, 5.74) is 1.99. The van der Waals surface area contributed by atoms with Gasteiger partial charge < -0.3 is 9.84 Å². The second kappa shape index (κ2) is 7.38. The van der Waals surface area contributed by atoms with Crippen molar-refractivity contribution < 1.29 is 14.6 Å². The zero-order valence-electron chi connectivity index (χ0n) is 10.6. The van der Waals surface area contributed by atoms with Crippen LogP contribution in [-0.2, 0) is 22.7 Å². The lowest BCUT2D eigenvalue weighted by Gasteiger charge is -2.04. The van der Waals surface area contributed by atoms with E-state index in [0.717, 1.165) is 26.6 Å². The third kappa shape index (κ3) is 4.59. The second-order valence-electron chi connectivity index (χ2n) is 4.10. The Bertz CT molecular complexity index is 619.